The molecule has 4 nitrogen and oxygen atoms in total. The fraction of sp³-hybridized carbons (Fsp3) is 0.308. The molecule has 18 heavy (non-hydrogen) atoms. The number of aromatic nitrogens is 2. The molecule has 1 heterocycles. The minimum Gasteiger partial charge on any atom is -0.271 e. The third-order valence-electron chi connectivity index (χ3n) is 3.02. The fourth-order valence-electron chi connectivity index (χ4n) is 2.10. The van der Waals surface area contributed by atoms with Crippen LogP contribution in [0.2, 0.25) is 0 Å². The second kappa shape index (κ2) is 4.88. The third kappa shape index (κ3) is 2.27. The van der Waals surface area contributed by atoms with Gasteiger partial charge in [0.1, 0.15) is 5.82 Å². The molecule has 0 saturated heterocycles. The quantitative estimate of drug-likeness (QED) is 0.642. The van der Waals surface area contributed by atoms with Crippen LogP contribution in [0.15, 0.2) is 24.3 Å². The van der Waals surface area contributed by atoms with E-state index in [-0.39, 0.29) is 11.9 Å². The fourth-order valence-corrected chi connectivity index (χ4v) is 2.10. The lowest BCUT2D eigenvalue weighted by Gasteiger charge is -2.17. The van der Waals surface area contributed by atoms with Crippen molar-refractivity contribution < 1.29 is 4.39 Å². The summed E-state index contributed by atoms with van der Waals surface area (Å²) in [6.07, 6.45) is 0. The van der Waals surface area contributed by atoms with Crippen molar-refractivity contribution in [1.29, 1.82) is 0 Å². The summed E-state index contributed by atoms with van der Waals surface area (Å²) < 4.78 is 15.1. The highest BCUT2D eigenvalue weighted by atomic mass is 19.1. The second-order valence-corrected chi connectivity index (χ2v) is 4.44. The van der Waals surface area contributed by atoms with Crippen LogP contribution in [-0.4, -0.2) is 9.78 Å². The molecule has 2 aromatic rings. The topological polar surface area (TPSA) is 55.9 Å². The Morgan fingerprint density at radius 3 is 2.56 bits per heavy atom. The molecule has 1 atom stereocenters. The minimum atomic E-state index is -0.212. The Kier molecular flexibility index (Phi) is 3.45. The lowest BCUT2D eigenvalue weighted by molar-refractivity contribution is 0.570. The molecule has 0 fully saturated rings. The predicted octanol–water partition coefficient (Wildman–Crippen LogP) is 1.73. The summed E-state index contributed by atoms with van der Waals surface area (Å²) >= 11 is 0. The molecular weight excluding hydrogens is 231 g/mol. The third-order valence-corrected chi connectivity index (χ3v) is 3.02. The molecule has 1 aromatic heterocycles. The number of aryl methyl sites for hydroxylation is 3. The number of rotatable bonds is 3. The zero-order chi connectivity index (χ0) is 13.3. The lowest BCUT2D eigenvalue weighted by atomic mass is 10.0. The molecule has 0 bridgehead atoms. The molecule has 0 saturated carbocycles. The van der Waals surface area contributed by atoms with E-state index in [9.17, 15) is 4.39 Å². The number of benzene rings is 1. The standard InChI is InChI=1S/C13H17FN4/c1-8-6-10(4-5-11(8)14)13(16-15)12-7-9(2)17-18(12)3/h4-7,13,16H,15H2,1-3H3. The summed E-state index contributed by atoms with van der Waals surface area (Å²) in [5, 5.41) is 4.29. The zero-order valence-electron chi connectivity index (χ0n) is 10.7. The van der Waals surface area contributed by atoms with Gasteiger partial charge < -0.3 is 0 Å². The van der Waals surface area contributed by atoms with Gasteiger partial charge in [0.05, 0.1) is 17.4 Å². The summed E-state index contributed by atoms with van der Waals surface area (Å²) in [4.78, 5) is 0. The van der Waals surface area contributed by atoms with Gasteiger partial charge in [0, 0.05) is 7.05 Å². The molecule has 96 valence electrons. The number of nitrogens with zero attached hydrogens (tertiary/aromatic N) is 2. The average molecular weight is 248 g/mol. The van der Waals surface area contributed by atoms with Gasteiger partial charge in [0.15, 0.2) is 0 Å². The van der Waals surface area contributed by atoms with Crippen molar-refractivity contribution in [2.75, 3.05) is 0 Å². The van der Waals surface area contributed by atoms with Gasteiger partial charge in [0.2, 0.25) is 0 Å². The van der Waals surface area contributed by atoms with Crippen molar-refractivity contribution in [1.82, 2.24) is 15.2 Å². The van der Waals surface area contributed by atoms with Gasteiger partial charge in [-0.15, -0.1) is 0 Å². The van der Waals surface area contributed by atoms with Gasteiger partial charge in [-0.2, -0.15) is 5.10 Å². The van der Waals surface area contributed by atoms with Crippen molar-refractivity contribution in [3.8, 4) is 0 Å². The van der Waals surface area contributed by atoms with Gasteiger partial charge in [0.25, 0.3) is 0 Å². The monoisotopic (exact) mass is 248 g/mol. The zero-order valence-corrected chi connectivity index (χ0v) is 10.7. The maximum absolute atomic E-state index is 13.3. The van der Waals surface area contributed by atoms with E-state index in [0.717, 1.165) is 17.0 Å². The number of nitrogens with two attached hydrogens (primary N) is 1. The summed E-state index contributed by atoms with van der Waals surface area (Å²) in [6, 6.07) is 6.74. The molecule has 1 aromatic carbocycles. The van der Waals surface area contributed by atoms with E-state index in [1.54, 1.807) is 23.7 Å². The molecule has 2 rings (SSSR count). The molecule has 0 radical (unpaired) electrons. The van der Waals surface area contributed by atoms with E-state index < -0.39 is 0 Å². The Morgan fingerprint density at radius 1 is 1.33 bits per heavy atom. The number of halogens is 1. The molecule has 0 aliphatic rings. The van der Waals surface area contributed by atoms with E-state index in [1.165, 1.54) is 6.07 Å². The van der Waals surface area contributed by atoms with Crippen LogP contribution in [0.1, 0.15) is 28.6 Å². The molecule has 0 spiro atoms. The van der Waals surface area contributed by atoms with Crippen LogP contribution in [0.4, 0.5) is 4.39 Å². The normalized spacial score (nSPS) is 12.7. The Labute approximate surface area is 106 Å². The Hall–Kier alpha value is -1.72. The number of hydrazine groups is 1. The summed E-state index contributed by atoms with van der Waals surface area (Å²) in [6.45, 7) is 3.66. The lowest BCUT2D eigenvalue weighted by Crippen LogP contribution is -2.30. The van der Waals surface area contributed by atoms with Crippen LogP contribution in [0.5, 0.6) is 0 Å². The van der Waals surface area contributed by atoms with Crippen LogP contribution >= 0.6 is 0 Å². The summed E-state index contributed by atoms with van der Waals surface area (Å²) in [5.41, 5.74) is 6.14. The molecule has 3 N–H and O–H groups in total. The van der Waals surface area contributed by atoms with Gasteiger partial charge in [-0.05, 0) is 37.1 Å². The maximum Gasteiger partial charge on any atom is 0.126 e. The number of hydrogen-bond acceptors (Lipinski definition) is 3. The van der Waals surface area contributed by atoms with E-state index in [0.29, 0.717) is 5.56 Å². The first-order chi connectivity index (χ1) is 8.52. The van der Waals surface area contributed by atoms with Crippen molar-refractivity contribution in [3.05, 3.63) is 52.6 Å². The first kappa shape index (κ1) is 12.7. The Morgan fingerprint density at radius 2 is 2.06 bits per heavy atom. The largest absolute Gasteiger partial charge is 0.271 e. The molecule has 0 aliphatic carbocycles. The summed E-state index contributed by atoms with van der Waals surface area (Å²) in [5.74, 6) is 5.41. The smallest absolute Gasteiger partial charge is 0.126 e. The van der Waals surface area contributed by atoms with Crippen molar-refractivity contribution in [2.45, 2.75) is 19.9 Å². The molecule has 5 heteroatoms. The summed E-state index contributed by atoms with van der Waals surface area (Å²) in [7, 11) is 1.86. The van der Waals surface area contributed by atoms with E-state index in [1.807, 2.05) is 20.0 Å². The van der Waals surface area contributed by atoms with Gasteiger partial charge >= 0.3 is 0 Å². The van der Waals surface area contributed by atoms with Crippen molar-refractivity contribution in [2.24, 2.45) is 12.9 Å². The van der Waals surface area contributed by atoms with Crippen LogP contribution in [0, 0.1) is 19.7 Å². The molecule has 0 aliphatic heterocycles. The SMILES string of the molecule is Cc1cc(C(NN)c2ccc(F)c(C)c2)n(C)n1. The number of nitrogens with one attached hydrogen (secondary N) is 1. The van der Waals surface area contributed by atoms with E-state index in [4.69, 9.17) is 5.84 Å². The maximum atomic E-state index is 13.3. The number of hydrogen-bond donors (Lipinski definition) is 2. The highest BCUT2D eigenvalue weighted by Crippen LogP contribution is 2.23. The van der Waals surface area contributed by atoms with Crippen LogP contribution < -0.4 is 11.3 Å². The average Bonchev–Trinajstić information content (AvgIpc) is 2.64. The van der Waals surface area contributed by atoms with E-state index in [2.05, 4.69) is 10.5 Å². The highest BCUT2D eigenvalue weighted by Gasteiger charge is 2.17. The predicted molar refractivity (Wildman–Crippen MR) is 68.2 cm³/mol. The molecular formula is C13H17FN4. The first-order valence-corrected chi connectivity index (χ1v) is 5.75. The molecule has 1 unspecified atom stereocenters. The van der Waals surface area contributed by atoms with Gasteiger partial charge in [-0.1, -0.05) is 12.1 Å². The van der Waals surface area contributed by atoms with Crippen LogP contribution in [-0.2, 0) is 7.05 Å². The Balaban J connectivity index is 2.45. The minimum absolute atomic E-state index is 0.199. The Bertz CT molecular complexity index is 562. The molecule has 0 amide bonds. The van der Waals surface area contributed by atoms with Crippen molar-refractivity contribution >= 4 is 0 Å². The van der Waals surface area contributed by atoms with Crippen LogP contribution in [0.25, 0.3) is 0 Å². The second-order valence-electron chi connectivity index (χ2n) is 4.44. The van der Waals surface area contributed by atoms with E-state index >= 15 is 0 Å². The first-order valence-electron chi connectivity index (χ1n) is 5.75. The van der Waals surface area contributed by atoms with Crippen LogP contribution in [0.3, 0.4) is 0 Å². The highest BCUT2D eigenvalue weighted by molar-refractivity contribution is 5.32. The van der Waals surface area contributed by atoms with Crippen molar-refractivity contribution in [3.63, 3.8) is 0 Å². The van der Waals surface area contributed by atoms with Gasteiger partial charge in [-0.25, -0.2) is 9.82 Å². The van der Waals surface area contributed by atoms with Gasteiger partial charge in [-0.3, -0.25) is 10.5 Å².